The summed E-state index contributed by atoms with van der Waals surface area (Å²) >= 11 is 1.58. The molecule has 2 heterocycles. The molecule has 3 rings (SSSR count). The Hall–Kier alpha value is -1.88. The second-order valence-electron chi connectivity index (χ2n) is 3.85. The summed E-state index contributed by atoms with van der Waals surface area (Å²) in [7, 11) is 0. The van der Waals surface area contributed by atoms with Crippen LogP contribution < -0.4 is 5.73 Å². The van der Waals surface area contributed by atoms with Gasteiger partial charge in [0.15, 0.2) is 4.96 Å². The Bertz CT molecular complexity index is 682. The number of fused-ring (bicyclic) bond motifs is 1. The van der Waals surface area contributed by atoms with Gasteiger partial charge in [0.25, 0.3) is 0 Å². The van der Waals surface area contributed by atoms with Gasteiger partial charge in [-0.15, -0.1) is 11.3 Å². The van der Waals surface area contributed by atoms with E-state index in [1.165, 1.54) is 12.1 Å². The molecule has 0 unspecified atom stereocenters. The van der Waals surface area contributed by atoms with Gasteiger partial charge in [0.05, 0.1) is 0 Å². The molecule has 86 valence electrons. The predicted molar refractivity (Wildman–Crippen MR) is 67.6 cm³/mol. The van der Waals surface area contributed by atoms with Gasteiger partial charge in [0.1, 0.15) is 17.3 Å². The molecule has 0 aliphatic carbocycles. The Morgan fingerprint density at radius 3 is 2.65 bits per heavy atom. The molecule has 0 aliphatic heterocycles. The fourth-order valence-electron chi connectivity index (χ4n) is 1.79. The number of anilines is 1. The number of imidazole rings is 1. The molecule has 5 heteroatoms. The van der Waals surface area contributed by atoms with Gasteiger partial charge >= 0.3 is 0 Å². The lowest BCUT2D eigenvalue weighted by Gasteiger charge is -1.98. The molecular weight excluding hydrogens is 237 g/mol. The topological polar surface area (TPSA) is 43.3 Å². The van der Waals surface area contributed by atoms with Crippen LogP contribution >= 0.6 is 11.3 Å². The first-order valence-corrected chi connectivity index (χ1v) is 5.97. The molecule has 0 aliphatic rings. The van der Waals surface area contributed by atoms with Crippen LogP contribution in [0.4, 0.5) is 10.2 Å². The Kier molecular flexibility index (Phi) is 2.16. The summed E-state index contributed by atoms with van der Waals surface area (Å²) in [6, 6.07) is 6.19. The standard InChI is InChI=1S/C12H10FN3S/c1-7-6-16-11(14)10(15-12(16)17-7)8-2-4-9(13)5-3-8/h2-6H,14H2,1H3. The van der Waals surface area contributed by atoms with Crippen LogP contribution in [0, 0.1) is 12.7 Å². The molecule has 0 saturated carbocycles. The van der Waals surface area contributed by atoms with Crippen molar-refractivity contribution >= 4 is 22.1 Å². The lowest BCUT2D eigenvalue weighted by Crippen LogP contribution is -1.92. The summed E-state index contributed by atoms with van der Waals surface area (Å²) in [6.07, 6.45) is 1.95. The number of rotatable bonds is 1. The minimum Gasteiger partial charge on any atom is -0.383 e. The highest BCUT2D eigenvalue weighted by Crippen LogP contribution is 2.29. The number of aryl methyl sites for hydroxylation is 1. The summed E-state index contributed by atoms with van der Waals surface area (Å²) in [6.45, 7) is 2.01. The molecule has 2 aromatic heterocycles. The third-order valence-electron chi connectivity index (χ3n) is 2.60. The number of thiazole rings is 1. The zero-order chi connectivity index (χ0) is 12.0. The van der Waals surface area contributed by atoms with E-state index in [1.807, 2.05) is 17.5 Å². The molecule has 3 nitrogen and oxygen atoms in total. The molecule has 17 heavy (non-hydrogen) atoms. The third kappa shape index (κ3) is 1.59. The van der Waals surface area contributed by atoms with Gasteiger partial charge in [-0.1, -0.05) is 0 Å². The first-order valence-electron chi connectivity index (χ1n) is 5.15. The van der Waals surface area contributed by atoms with E-state index < -0.39 is 0 Å². The third-order valence-corrected chi connectivity index (χ3v) is 3.49. The zero-order valence-corrected chi connectivity index (χ0v) is 9.96. The van der Waals surface area contributed by atoms with Crippen molar-refractivity contribution in [2.45, 2.75) is 6.92 Å². The number of aromatic nitrogens is 2. The van der Waals surface area contributed by atoms with E-state index in [2.05, 4.69) is 4.98 Å². The van der Waals surface area contributed by atoms with Crippen LogP contribution in [0.5, 0.6) is 0 Å². The van der Waals surface area contributed by atoms with E-state index in [1.54, 1.807) is 23.5 Å². The van der Waals surface area contributed by atoms with Gasteiger partial charge in [-0.05, 0) is 31.2 Å². The second-order valence-corrected chi connectivity index (χ2v) is 5.06. The monoisotopic (exact) mass is 247 g/mol. The van der Waals surface area contributed by atoms with Crippen molar-refractivity contribution < 1.29 is 4.39 Å². The number of hydrogen-bond acceptors (Lipinski definition) is 3. The molecule has 0 radical (unpaired) electrons. The molecular formula is C12H10FN3S. The molecule has 0 bridgehead atoms. The molecule has 1 aromatic carbocycles. The molecule has 0 saturated heterocycles. The highest BCUT2D eigenvalue weighted by atomic mass is 32.1. The normalized spacial score (nSPS) is 11.2. The Balaban J connectivity index is 2.20. The van der Waals surface area contributed by atoms with Gasteiger partial charge in [-0.2, -0.15) is 0 Å². The average Bonchev–Trinajstić information content (AvgIpc) is 2.79. The number of nitrogens with two attached hydrogens (primary N) is 1. The van der Waals surface area contributed by atoms with Crippen LogP contribution in [0.1, 0.15) is 4.88 Å². The van der Waals surface area contributed by atoms with Gasteiger partial charge < -0.3 is 5.73 Å². The van der Waals surface area contributed by atoms with Crippen LogP contribution in [-0.4, -0.2) is 9.38 Å². The van der Waals surface area contributed by atoms with E-state index in [0.29, 0.717) is 11.5 Å². The quantitative estimate of drug-likeness (QED) is 0.718. The highest BCUT2D eigenvalue weighted by molar-refractivity contribution is 7.17. The van der Waals surface area contributed by atoms with Crippen molar-refractivity contribution in [1.82, 2.24) is 9.38 Å². The van der Waals surface area contributed by atoms with Crippen molar-refractivity contribution in [2.75, 3.05) is 5.73 Å². The van der Waals surface area contributed by atoms with Gasteiger partial charge in [0, 0.05) is 16.6 Å². The lowest BCUT2D eigenvalue weighted by atomic mass is 10.1. The largest absolute Gasteiger partial charge is 0.383 e. The van der Waals surface area contributed by atoms with Gasteiger partial charge in [0.2, 0.25) is 0 Å². The van der Waals surface area contributed by atoms with Crippen molar-refractivity contribution in [2.24, 2.45) is 0 Å². The molecule has 0 fully saturated rings. The Morgan fingerprint density at radius 2 is 2.00 bits per heavy atom. The van der Waals surface area contributed by atoms with E-state index in [9.17, 15) is 4.39 Å². The predicted octanol–water partition coefficient (Wildman–Crippen LogP) is 3.09. The van der Waals surface area contributed by atoms with Crippen molar-refractivity contribution in [1.29, 1.82) is 0 Å². The summed E-state index contributed by atoms with van der Waals surface area (Å²) in [5, 5.41) is 0. The molecule has 3 aromatic rings. The fraction of sp³-hybridized carbons (Fsp3) is 0.0833. The maximum Gasteiger partial charge on any atom is 0.196 e. The van der Waals surface area contributed by atoms with E-state index in [0.717, 1.165) is 15.4 Å². The van der Waals surface area contributed by atoms with Gasteiger partial charge in [-0.3, -0.25) is 4.40 Å². The number of halogens is 1. The molecule has 0 spiro atoms. The first kappa shape index (κ1) is 10.3. The van der Waals surface area contributed by atoms with Crippen LogP contribution in [-0.2, 0) is 0 Å². The minimum absolute atomic E-state index is 0.260. The number of nitrogens with zero attached hydrogens (tertiary/aromatic N) is 2. The van der Waals surface area contributed by atoms with Crippen molar-refractivity contribution in [3.05, 3.63) is 41.2 Å². The smallest absolute Gasteiger partial charge is 0.196 e. The van der Waals surface area contributed by atoms with Crippen LogP contribution in [0.25, 0.3) is 16.2 Å². The number of hydrogen-bond donors (Lipinski definition) is 1. The summed E-state index contributed by atoms with van der Waals surface area (Å²) in [5.41, 5.74) is 7.57. The van der Waals surface area contributed by atoms with Crippen molar-refractivity contribution in [3.8, 4) is 11.3 Å². The maximum atomic E-state index is 12.8. The molecule has 0 atom stereocenters. The van der Waals surface area contributed by atoms with E-state index >= 15 is 0 Å². The average molecular weight is 247 g/mol. The van der Waals surface area contributed by atoms with Crippen LogP contribution in [0.15, 0.2) is 30.5 Å². The summed E-state index contributed by atoms with van der Waals surface area (Å²) in [5.74, 6) is 0.333. The van der Waals surface area contributed by atoms with E-state index in [-0.39, 0.29) is 5.82 Å². The summed E-state index contributed by atoms with van der Waals surface area (Å²) < 4.78 is 14.7. The van der Waals surface area contributed by atoms with Crippen LogP contribution in [0.2, 0.25) is 0 Å². The Morgan fingerprint density at radius 1 is 1.29 bits per heavy atom. The van der Waals surface area contributed by atoms with Crippen molar-refractivity contribution in [3.63, 3.8) is 0 Å². The molecule has 2 N–H and O–H groups in total. The zero-order valence-electron chi connectivity index (χ0n) is 9.14. The fourth-order valence-corrected chi connectivity index (χ4v) is 2.63. The SMILES string of the molecule is Cc1cn2c(N)c(-c3ccc(F)cc3)nc2s1. The van der Waals surface area contributed by atoms with Crippen LogP contribution in [0.3, 0.4) is 0 Å². The maximum absolute atomic E-state index is 12.8. The van der Waals surface area contributed by atoms with Gasteiger partial charge in [-0.25, -0.2) is 9.37 Å². The summed E-state index contributed by atoms with van der Waals surface area (Å²) in [4.78, 5) is 6.48. The highest BCUT2D eigenvalue weighted by Gasteiger charge is 2.12. The second kappa shape index (κ2) is 3.56. The lowest BCUT2D eigenvalue weighted by molar-refractivity contribution is 0.628. The Labute approximate surface area is 101 Å². The number of benzene rings is 1. The van der Waals surface area contributed by atoms with E-state index in [4.69, 9.17) is 5.73 Å². The number of nitrogen functional groups attached to an aromatic ring is 1. The molecule has 0 amide bonds. The first-order chi connectivity index (χ1) is 8.15. The minimum atomic E-state index is -0.260.